The molecule has 1 amide bonds. The van der Waals surface area contributed by atoms with Gasteiger partial charge in [-0.05, 0) is 31.5 Å². The molecule has 2 aliphatic rings. The maximum Gasteiger partial charge on any atom is 0.238 e. The Morgan fingerprint density at radius 2 is 2.16 bits per heavy atom. The predicted molar refractivity (Wildman–Crippen MR) is 99.4 cm³/mol. The Morgan fingerprint density at radius 3 is 2.96 bits per heavy atom. The molecule has 2 heterocycles. The molecule has 3 unspecified atom stereocenters. The van der Waals surface area contributed by atoms with Crippen molar-refractivity contribution in [1.29, 1.82) is 0 Å². The van der Waals surface area contributed by atoms with Crippen LogP contribution in [0.3, 0.4) is 0 Å². The Hall–Kier alpha value is -1.41. The Balaban J connectivity index is 0.00000225. The molecular weight excluding hydrogens is 345 g/mol. The zero-order valence-electron chi connectivity index (χ0n) is 14.4. The van der Waals surface area contributed by atoms with E-state index >= 15 is 0 Å². The van der Waals surface area contributed by atoms with Gasteiger partial charge in [0.15, 0.2) is 0 Å². The number of hydrogen-bond donors (Lipinski definition) is 4. The number of piperidine rings is 1. The first-order valence-corrected chi connectivity index (χ1v) is 8.62. The number of rotatable bonds is 6. The lowest BCUT2D eigenvalue weighted by Crippen LogP contribution is -2.49. The van der Waals surface area contributed by atoms with E-state index < -0.39 is 0 Å². The number of amides is 1. The van der Waals surface area contributed by atoms with Crippen LogP contribution >= 0.6 is 12.4 Å². The van der Waals surface area contributed by atoms with Gasteiger partial charge in [0.05, 0.1) is 5.69 Å². The third-order valence-corrected chi connectivity index (χ3v) is 4.90. The molecule has 25 heavy (non-hydrogen) atoms. The average molecular weight is 372 g/mol. The van der Waals surface area contributed by atoms with Crippen LogP contribution in [0.15, 0.2) is 24.3 Å². The van der Waals surface area contributed by atoms with Gasteiger partial charge < -0.3 is 15.5 Å². The molecule has 4 N–H and O–H groups in total. The molecule has 6 nitrogen and oxygen atoms in total. The zero-order valence-corrected chi connectivity index (χ0v) is 15.2. The monoisotopic (exact) mass is 371 g/mol. The third kappa shape index (κ3) is 4.82. The van der Waals surface area contributed by atoms with Crippen molar-refractivity contribution >= 4 is 24.0 Å². The van der Waals surface area contributed by atoms with Gasteiger partial charge in [-0.1, -0.05) is 12.1 Å². The number of carbonyl (C=O) groups is 1. The van der Waals surface area contributed by atoms with E-state index in [2.05, 4.69) is 21.5 Å². The number of hydrogen-bond acceptors (Lipinski definition) is 5. The van der Waals surface area contributed by atoms with Crippen LogP contribution in [0.4, 0.5) is 10.1 Å². The maximum atomic E-state index is 13.7. The Labute approximate surface area is 154 Å². The van der Waals surface area contributed by atoms with E-state index in [1.54, 1.807) is 12.1 Å². The molecule has 0 radical (unpaired) electrons. The van der Waals surface area contributed by atoms with Crippen molar-refractivity contribution in [3.8, 4) is 0 Å². The summed E-state index contributed by atoms with van der Waals surface area (Å²) in [6.07, 6.45) is 1.80. The number of carbonyl (C=O) groups excluding carboxylic acids is 1. The molecule has 0 bridgehead atoms. The highest BCUT2D eigenvalue weighted by molar-refractivity contribution is 5.85. The SMILES string of the molecule is CN(CCCNC(=O)C1NNC2CCNCC21)c1ccccc1F.Cl. The van der Waals surface area contributed by atoms with Crippen molar-refractivity contribution in [3.05, 3.63) is 30.1 Å². The molecular formula is C17H27ClFN5O. The van der Waals surface area contributed by atoms with Gasteiger partial charge in [0.25, 0.3) is 0 Å². The second kappa shape index (κ2) is 9.33. The molecule has 3 rings (SSSR count). The average Bonchev–Trinajstić information content (AvgIpc) is 3.03. The fraction of sp³-hybridized carbons (Fsp3) is 0.588. The summed E-state index contributed by atoms with van der Waals surface area (Å²) in [5.74, 6) is 0.105. The van der Waals surface area contributed by atoms with Gasteiger partial charge in [-0.25, -0.2) is 9.82 Å². The number of halogens is 2. The molecule has 0 spiro atoms. The van der Waals surface area contributed by atoms with Crippen LogP contribution in [0.2, 0.25) is 0 Å². The summed E-state index contributed by atoms with van der Waals surface area (Å²) in [4.78, 5) is 14.2. The molecule has 2 fully saturated rings. The Kier molecular flexibility index (Phi) is 7.43. The van der Waals surface area contributed by atoms with Gasteiger partial charge >= 0.3 is 0 Å². The summed E-state index contributed by atoms with van der Waals surface area (Å²) in [5.41, 5.74) is 6.93. The Bertz CT molecular complexity index is 576. The van der Waals surface area contributed by atoms with Gasteiger partial charge in [-0.2, -0.15) is 0 Å². The summed E-state index contributed by atoms with van der Waals surface area (Å²) in [7, 11) is 1.86. The summed E-state index contributed by atoms with van der Waals surface area (Å²) < 4.78 is 13.7. The maximum absolute atomic E-state index is 13.7. The second-order valence-electron chi connectivity index (χ2n) is 6.55. The van der Waals surface area contributed by atoms with Crippen molar-refractivity contribution in [2.45, 2.75) is 24.9 Å². The van der Waals surface area contributed by atoms with Gasteiger partial charge in [-0.15, -0.1) is 12.4 Å². The summed E-state index contributed by atoms with van der Waals surface area (Å²) >= 11 is 0. The number of anilines is 1. The van der Waals surface area contributed by atoms with Crippen LogP contribution in [0.1, 0.15) is 12.8 Å². The van der Waals surface area contributed by atoms with E-state index in [0.717, 1.165) is 25.9 Å². The molecule has 0 aliphatic carbocycles. The van der Waals surface area contributed by atoms with Crippen LogP contribution in [-0.2, 0) is 4.79 Å². The predicted octanol–water partition coefficient (Wildman–Crippen LogP) is 0.645. The minimum absolute atomic E-state index is 0. The zero-order chi connectivity index (χ0) is 16.9. The molecule has 0 saturated carbocycles. The molecule has 8 heteroatoms. The lowest BCUT2D eigenvalue weighted by molar-refractivity contribution is -0.123. The quantitative estimate of drug-likeness (QED) is 0.553. The molecule has 2 saturated heterocycles. The Morgan fingerprint density at radius 1 is 1.36 bits per heavy atom. The molecule has 1 aromatic carbocycles. The highest BCUT2D eigenvalue weighted by atomic mass is 35.5. The summed E-state index contributed by atoms with van der Waals surface area (Å²) in [6.45, 7) is 3.12. The van der Waals surface area contributed by atoms with Crippen LogP contribution < -0.4 is 26.4 Å². The van der Waals surface area contributed by atoms with Crippen molar-refractivity contribution in [1.82, 2.24) is 21.5 Å². The highest BCUT2D eigenvalue weighted by Crippen LogP contribution is 2.20. The largest absolute Gasteiger partial charge is 0.372 e. The van der Waals surface area contributed by atoms with Gasteiger partial charge in [0, 0.05) is 38.6 Å². The van der Waals surface area contributed by atoms with Crippen LogP contribution in [0.5, 0.6) is 0 Å². The van der Waals surface area contributed by atoms with Gasteiger partial charge in [0.2, 0.25) is 5.91 Å². The van der Waals surface area contributed by atoms with Gasteiger partial charge in [0.1, 0.15) is 11.9 Å². The van der Waals surface area contributed by atoms with Gasteiger partial charge in [-0.3, -0.25) is 10.2 Å². The summed E-state index contributed by atoms with van der Waals surface area (Å²) in [5, 5.41) is 6.33. The van der Waals surface area contributed by atoms with E-state index in [1.165, 1.54) is 6.07 Å². The van der Waals surface area contributed by atoms with Crippen molar-refractivity contribution in [2.24, 2.45) is 5.92 Å². The molecule has 140 valence electrons. The first-order valence-electron chi connectivity index (χ1n) is 8.62. The third-order valence-electron chi connectivity index (χ3n) is 4.90. The first-order chi connectivity index (χ1) is 11.7. The van der Waals surface area contributed by atoms with Crippen LogP contribution in [-0.4, -0.2) is 51.2 Å². The lowest BCUT2D eigenvalue weighted by atomic mass is 9.89. The number of nitrogens with one attached hydrogen (secondary N) is 4. The van der Waals surface area contributed by atoms with E-state index in [0.29, 0.717) is 30.7 Å². The first kappa shape index (κ1) is 19.9. The van der Waals surface area contributed by atoms with E-state index in [4.69, 9.17) is 0 Å². The fourth-order valence-corrected chi connectivity index (χ4v) is 3.50. The smallest absolute Gasteiger partial charge is 0.238 e. The summed E-state index contributed by atoms with van der Waals surface area (Å²) in [6, 6.07) is 6.91. The highest BCUT2D eigenvalue weighted by Gasteiger charge is 2.40. The van der Waals surface area contributed by atoms with E-state index in [9.17, 15) is 9.18 Å². The molecule has 0 aromatic heterocycles. The van der Waals surface area contributed by atoms with E-state index in [1.807, 2.05) is 18.0 Å². The van der Waals surface area contributed by atoms with Crippen molar-refractivity contribution < 1.29 is 9.18 Å². The number of hydrazine groups is 1. The molecule has 1 aromatic rings. The number of nitrogens with zero attached hydrogens (tertiary/aromatic N) is 1. The van der Waals surface area contributed by atoms with Crippen LogP contribution in [0.25, 0.3) is 0 Å². The standard InChI is InChI=1S/C17H26FN5O.ClH/c1-23(15-6-3-2-5-13(15)18)10-4-8-20-17(24)16-12-11-19-9-7-14(12)21-22-16;/h2-3,5-6,12,14,16,19,21-22H,4,7-11H2,1H3,(H,20,24);1H. The van der Waals surface area contributed by atoms with Crippen LogP contribution in [0, 0.1) is 11.7 Å². The second-order valence-corrected chi connectivity index (χ2v) is 6.55. The number of para-hydroxylation sites is 1. The lowest BCUT2D eigenvalue weighted by Gasteiger charge is -2.27. The number of fused-ring (bicyclic) bond motifs is 1. The normalized spacial score (nSPS) is 25.0. The number of benzene rings is 1. The van der Waals surface area contributed by atoms with E-state index in [-0.39, 0.29) is 30.2 Å². The fourth-order valence-electron chi connectivity index (χ4n) is 3.50. The van der Waals surface area contributed by atoms with Crippen molar-refractivity contribution in [3.63, 3.8) is 0 Å². The molecule has 3 atom stereocenters. The minimum Gasteiger partial charge on any atom is -0.372 e. The minimum atomic E-state index is -0.221. The topological polar surface area (TPSA) is 68.4 Å². The van der Waals surface area contributed by atoms with Crippen molar-refractivity contribution in [2.75, 3.05) is 38.1 Å². The molecule has 2 aliphatic heterocycles.